The first-order chi connectivity index (χ1) is 13.2. The first kappa shape index (κ1) is 19.2. The number of aromatic nitrogens is 1. The summed E-state index contributed by atoms with van der Waals surface area (Å²) in [5.74, 6) is -0.151. The lowest BCUT2D eigenvalue weighted by molar-refractivity contribution is 0.349. The molecule has 1 aromatic heterocycles. The Hall–Kier alpha value is -2.13. The second-order valence-corrected chi connectivity index (χ2v) is 9.56. The molecule has 0 amide bonds. The third-order valence-corrected chi connectivity index (χ3v) is 5.82. The molecule has 0 saturated heterocycles. The van der Waals surface area contributed by atoms with Gasteiger partial charge in [0.25, 0.3) is 0 Å². The standard InChI is InChI=1S/C25H31FN2/c1-16(27)22-14-28(15-25(2,3)4)24-13-20(23(26)12-21(22)24)19-11-7-9-17-8-5-6-10-18(17)19/h7,9,11-14,16H,5-6,8,10,15,27H2,1-4H3/t16-/m1/s1. The van der Waals surface area contributed by atoms with E-state index in [0.717, 1.165) is 47.0 Å². The Balaban J connectivity index is 1.94. The van der Waals surface area contributed by atoms with Crippen molar-refractivity contribution in [1.82, 2.24) is 4.57 Å². The van der Waals surface area contributed by atoms with Crippen LogP contribution in [0.1, 0.15) is 63.3 Å². The minimum atomic E-state index is -0.151. The third-order valence-electron chi connectivity index (χ3n) is 5.82. The van der Waals surface area contributed by atoms with Gasteiger partial charge in [-0.3, -0.25) is 0 Å². The lowest BCUT2D eigenvalue weighted by atomic mass is 9.85. The Morgan fingerprint density at radius 1 is 1.11 bits per heavy atom. The molecule has 4 rings (SSSR count). The molecule has 0 spiro atoms. The molecule has 2 nitrogen and oxygen atoms in total. The van der Waals surface area contributed by atoms with E-state index < -0.39 is 0 Å². The fraction of sp³-hybridized carbons (Fsp3) is 0.440. The molecule has 0 fully saturated rings. The summed E-state index contributed by atoms with van der Waals surface area (Å²) in [4.78, 5) is 0. The smallest absolute Gasteiger partial charge is 0.131 e. The van der Waals surface area contributed by atoms with Crippen LogP contribution in [0.25, 0.3) is 22.0 Å². The van der Waals surface area contributed by atoms with Gasteiger partial charge < -0.3 is 10.3 Å². The van der Waals surface area contributed by atoms with Gasteiger partial charge in [-0.2, -0.15) is 0 Å². The molecule has 0 bridgehead atoms. The Bertz CT molecular complexity index is 1020. The summed E-state index contributed by atoms with van der Waals surface area (Å²) in [6.07, 6.45) is 6.66. The van der Waals surface area contributed by atoms with Crippen LogP contribution in [-0.4, -0.2) is 4.57 Å². The monoisotopic (exact) mass is 378 g/mol. The van der Waals surface area contributed by atoms with Gasteiger partial charge >= 0.3 is 0 Å². The Kier molecular flexibility index (Phi) is 4.83. The summed E-state index contributed by atoms with van der Waals surface area (Å²) < 4.78 is 17.6. The molecule has 2 aromatic carbocycles. The van der Waals surface area contributed by atoms with E-state index in [1.54, 1.807) is 6.07 Å². The number of nitrogens with two attached hydrogens (primary N) is 1. The van der Waals surface area contributed by atoms with Crippen molar-refractivity contribution in [2.45, 2.75) is 66.0 Å². The van der Waals surface area contributed by atoms with Crippen molar-refractivity contribution in [3.05, 3.63) is 59.0 Å². The molecule has 0 saturated carbocycles. The van der Waals surface area contributed by atoms with Crippen LogP contribution in [0.3, 0.4) is 0 Å². The number of halogens is 1. The van der Waals surface area contributed by atoms with Crippen LogP contribution in [0.15, 0.2) is 36.5 Å². The minimum Gasteiger partial charge on any atom is -0.347 e. The summed E-state index contributed by atoms with van der Waals surface area (Å²) in [7, 11) is 0. The molecular formula is C25H31FN2. The van der Waals surface area contributed by atoms with Crippen LogP contribution >= 0.6 is 0 Å². The van der Waals surface area contributed by atoms with Crippen LogP contribution in [0.2, 0.25) is 0 Å². The number of benzene rings is 2. The third kappa shape index (κ3) is 3.48. The average molecular weight is 379 g/mol. The van der Waals surface area contributed by atoms with Gasteiger partial charge in [0.15, 0.2) is 0 Å². The molecule has 3 aromatic rings. The molecule has 2 N–H and O–H groups in total. The van der Waals surface area contributed by atoms with Gasteiger partial charge in [-0.25, -0.2) is 4.39 Å². The minimum absolute atomic E-state index is 0.126. The van der Waals surface area contributed by atoms with Crippen LogP contribution in [0, 0.1) is 11.2 Å². The molecule has 1 heterocycles. The molecule has 3 heteroatoms. The van der Waals surface area contributed by atoms with Crippen molar-refractivity contribution in [1.29, 1.82) is 0 Å². The zero-order valence-corrected chi connectivity index (χ0v) is 17.5. The average Bonchev–Trinajstić information content (AvgIpc) is 2.96. The molecule has 1 atom stereocenters. The van der Waals surface area contributed by atoms with Gasteiger partial charge in [-0.15, -0.1) is 0 Å². The first-order valence-corrected chi connectivity index (χ1v) is 10.4. The van der Waals surface area contributed by atoms with Crippen LogP contribution in [0.5, 0.6) is 0 Å². The zero-order valence-electron chi connectivity index (χ0n) is 17.5. The fourth-order valence-corrected chi connectivity index (χ4v) is 4.58. The largest absolute Gasteiger partial charge is 0.347 e. The van der Waals surface area contributed by atoms with E-state index in [2.05, 4.69) is 49.7 Å². The summed E-state index contributed by atoms with van der Waals surface area (Å²) in [6, 6.07) is 9.98. The van der Waals surface area contributed by atoms with Crippen molar-refractivity contribution in [2.75, 3.05) is 0 Å². The molecule has 0 radical (unpaired) electrons. The number of aryl methyl sites for hydroxylation is 1. The van der Waals surface area contributed by atoms with E-state index in [-0.39, 0.29) is 17.3 Å². The first-order valence-electron chi connectivity index (χ1n) is 10.4. The lowest BCUT2D eigenvalue weighted by Crippen LogP contribution is -2.15. The van der Waals surface area contributed by atoms with Gasteiger partial charge in [-0.05, 0) is 72.4 Å². The van der Waals surface area contributed by atoms with Gasteiger partial charge in [0.05, 0.1) is 0 Å². The highest BCUT2D eigenvalue weighted by Gasteiger charge is 2.21. The quantitative estimate of drug-likeness (QED) is 0.562. The summed E-state index contributed by atoms with van der Waals surface area (Å²) >= 11 is 0. The molecule has 0 aliphatic heterocycles. The maximum Gasteiger partial charge on any atom is 0.131 e. The van der Waals surface area contributed by atoms with Crippen molar-refractivity contribution < 1.29 is 4.39 Å². The van der Waals surface area contributed by atoms with E-state index in [1.165, 1.54) is 24.0 Å². The summed E-state index contributed by atoms with van der Waals surface area (Å²) in [5, 5.41) is 0.935. The highest BCUT2D eigenvalue weighted by atomic mass is 19.1. The second kappa shape index (κ2) is 7.04. The maximum atomic E-state index is 15.3. The van der Waals surface area contributed by atoms with Crippen LogP contribution in [-0.2, 0) is 19.4 Å². The highest BCUT2D eigenvalue weighted by molar-refractivity contribution is 5.89. The summed E-state index contributed by atoms with van der Waals surface area (Å²) in [5.41, 5.74) is 12.9. The summed E-state index contributed by atoms with van der Waals surface area (Å²) in [6.45, 7) is 9.51. The molecule has 0 unspecified atom stereocenters. The molecule has 1 aliphatic rings. The maximum absolute atomic E-state index is 15.3. The van der Waals surface area contributed by atoms with Crippen LogP contribution < -0.4 is 5.73 Å². The molecule has 148 valence electrons. The second-order valence-electron chi connectivity index (χ2n) is 9.56. The van der Waals surface area contributed by atoms with E-state index >= 15 is 4.39 Å². The van der Waals surface area contributed by atoms with Crippen molar-refractivity contribution in [3.8, 4) is 11.1 Å². The molecule has 28 heavy (non-hydrogen) atoms. The Labute approximate surface area is 167 Å². The van der Waals surface area contributed by atoms with Crippen LogP contribution in [0.4, 0.5) is 4.39 Å². The van der Waals surface area contributed by atoms with Crippen molar-refractivity contribution >= 4 is 10.9 Å². The Morgan fingerprint density at radius 3 is 2.57 bits per heavy atom. The fourth-order valence-electron chi connectivity index (χ4n) is 4.58. The molecule has 1 aliphatic carbocycles. The predicted molar refractivity (Wildman–Crippen MR) is 116 cm³/mol. The van der Waals surface area contributed by atoms with Gasteiger partial charge in [-0.1, -0.05) is 39.0 Å². The molecular weight excluding hydrogens is 347 g/mol. The number of nitrogens with zero attached hydrogens (tertiary/aromatic N) is 1. The number of hydrogen-bond donors (Lipinski definition) is 1. The zero-order chi connectivity index (χ0) is 20.1. The number of rotatable bonds is 3. The van der Waals surface area contributed by atoms with Crippen molar-refractivity contribution in [2.24, 2.45) is 11.1 Å². The predicted octanol–water partition coefficient (Wildman–Crippen LogP) is 6.39. The van der Waals surface area contributed by atoms with E-state index in [0.29, 0.717) is 0 Å². The number of hydrogen-bond acceptors (Lipinski definition) is 1. The van der Waals surface area contributed by atoms with Gasteiger partial charge in [0.1, 0.15) is 5.82 Å². The van der Waals surface area contributed by atoms with Gasteiger partial charge in [0.2, 0.25) is 0 Å². The SMILES string of the molecule is C[C@@H](N)c1cn(CC(C)(C)C)c2cc(-c3cccc4c3CCCC4)c(F)cc12. The van der Waals surface area contributed by atoms with Gasteiger partial charge in [0, 0.05) is 35.2 Å². The normalized spacial score (nSPS) is 15.6. The lowest BCUT2D eigenvalue weighted by Gasteiger charge is -2.21. The van der Waals surface area contributed by atoms with E-state index in [1.807, 2.05) is 13.0 Å². The topological polar surface area (TPSA) is 30.9 Å². The van der Waals surface area contributed by atoms with E-state index in [9.17, 15) is 0 Å². The van der Waals surface area contributed by atoms with Crippen molar-refractivity contribution in [3.63, 3.8) is 0 Å². The van der Waals surface area contributed by atoms with E-state index in [4.69, 9.17) is 5.73 Å². The highest BCUT2D eigenvalue weighted by Crippen LogP contribution is 2.37. The Morgan fingerprint density at radius 2 is 1.86 bits per heavy atom. The number of fused-ring (bicyclic) bond motifs is 2.